The minimum atomic E-state index is 0.703. The van der Waals surface area contributed by atoms with Crippen LogP contribution < -0.4 is 11.1 Å². The molecule has 0 radical (unpaired) electrons. The zero-order valence-electron chi connectivity index (χ0n) is 11.4. The van der Waals surface area contributed by atoms with Gasteiger partial charge in [-0.25, -0.2) is 4.68 Å². The van der Waals surface area contributed by atoms with E-state index >= 15 is 0 Å². The van der Waals surface area contributed by atoms with Gasteiger partial charge in [0.25, 0.3) is 0 Å². The first-order valence-corrected chi connectivity index (χ1v) is 6.08. The summed E-state index contributed by atoms with van der Waals surface area (Å²) in [6.07, 6.45) is 1.87. The molecule has 98 valence electrons. The lowest BCUT2D eigenvalue weighted by Crippen LogP contribution is -2.08. The summed E-state index contributed by atoms with van der Waals surface area (Å²) in [4.78, 5) is 0. The van der Waals surface area contributed by atoms with Crippen molar-refractivity contribution in [1.82, 2.24) is 19.6 Å². The Morgan fingerprint density at radius 1 is 1.39 bits per heavy atom. The summed E-state index contributed by atoms with van der Waals surface area (Å²) in [5, 5.41) is 11.9. The molecular formula is C12H20N6. The molecular weight excluding hydrogens is 228 g/mol. The van der Waals surface area contributed by atoms with Crippen molar-refractivity contribution in [2.45, 2.75) is 33.9 Å². The fraction of sp³-hybridized carbons (Fsp3) is 0.500. The molecule has 2 aromatic rings. The van der Waals surface area contributed by atoms with E-state index in [1.54, 1.807) is 0 Å². The highest BCUT2D eigenvalue weighted by atomic mass is 15.3. The van der Waals surface area contributed by atoms with Crippen LogP contribution in [0.4, 0.5) is 11.5 Å². The Morgan fingerprint density at radius 2 is 2.11 bits per heavy atom. The average Bonchev–Trinajstić information content (AvgIpc) is 2.81. The number of rotatable bonds is 4. The highest BCUT2D eigenvalue weighted by Crippen LogP contribution is 2.23. The first kappa shape index (κ1) is 12.5. The molecule has 0 atom stereocenters. The van der Waals surface area contributed by atoms with Crippen LogP contribution >= 0.6 is 0 Å². The fourth-order valence-corrected chi connectivity index (χ4v) is 1.91. The number of nitrogens with zero attached hydrogens (tertiary/aromatic N) is 4. The second kappa shape index (κ2) is 4.72. The first-order valence-electron chi connectivity index (χ1n) is 6.08. The van der Waals surface area contributed by atoms with Crippen LogP contribution in [0.2, 0.25) is 0 Å². The molecule has 6 heteroatoms. The first-order chi connectivity index (χ1) is 8.54. The predicted octanol–water partition coefficient (Wildman–Crippen LogP) is 1.45. The van der Waals surface area contributed by atoms with Gasteiger partial charge in [-0.3, -0.25) is 4.68 Å². The van der Waals surface area contributed by atoms with E-state index < -0.39 is 0 Å². The minimum Gasteiger partial charge on any atom is -0.394 e. The molecule has 0 saturated carbocycles. The molecule has 6 nitrogen and oxygen atoms in total. The number of nitrogens with one attached hydrogen (secondary N) is 1. The van der Waals surface area contributed by atoms with Crippen molar-refractivity contribution < 1.29 is 0 Å². The molecule has 0 bridgehead atoms. The zero-order chi connectivity index (χ0) is 13.3. The second-order valence-corrected chi connectivity index (χ2v) is 4.40. The van der Waals surface area contributed by atoms with Gasteiger partial charge in [0, 0.05) is 31.4 Å². The van der Waals surface area contributed by atoms with Crippen LogP contribution in [0.1, 0.15) is 23.9 Å². The quantitative estimate of drug-likeness (QED) is 0.858. The third-order valence-corrected chi connectivity index (χ3v) is 3.26. The van der Waals surface area contributed by atoms with Crippen molar-refractivity contribution in [3.8, 4) is 0 Å². The molecule has 2 rings (SSSR count). The Kier molecular flexibility index (Phi) is 3.27. The van der Waals surface area contributed by atoms with E-state index in [9.17, 15) is 0 Å². The minimum absolute atomic E-state index is 0.703. The molecule has 0 saturated heterocycles. The number of hydrogen-bond donors (Lipinski definition) is 2. The molecule has 18 heavy (non-hydrogen) atoms. The van der Waals surface area contributed by atoms with Crippen LogP contribution in [0.25, 0.3) is 0 Å². The van der Waals surface area contributed by atoms with E-state index in [4.69, 9.17) is 5.73 Å². The monoisotopic (exact) mass is 248 g/mol. The van der Waals surface area contributed by atoms with E-state index in [-0.39, 0.29) is 0 Å². The Hall–Kier alpha value is -1.98. The van der Waals surface area contributed by atoms with E-state index in [0.717, 1.165) is 29.4 Å². The normalized spacial score (nSPS) is 10.9. The van der Waals surface area contributed by atoms with E-state index in [1.807, 2.05) is 36.5 Å². The van der Waals surface area contributed by atoms with Crippen LogP contribution in [0.5, 0.6) is 0 Å². The zero-order valence-corrected chi connectivity index (χ0v) is 11.4. The van der Waals surface area contributed by atoms with Crippen molar-refractivity contribution in [2.24, 2.45) is 7.05 Å². The van der Waals surface area contributed by atoms with Gasteiger partial charge in [0.2, 0.25) is 0 Å². The van der Waals surface area contributed by atoms with E-state index in [2.05, 4.69) is 22.4 Å². The highest BCUT2D eigenvalue weighted by Gasteiger charge is 2.12. The molecule has 0 amide bonds. The number of nitrogen functional groups attached to an aromatic ring is 1. The average molecular weight is 248 g/mol. The molecule has 0 fully saturated rings. The summed E-state index contributed by atoms with van der Waals surface area (Å²) in [5.41, 5.74) is 9.92. The molecule has 3 N–H and O–H groups in total. The molecule has 0 unspecified atom stereocenters. The molecule has 0 spiro atoms. The van der Waals surface area contributed by atoms with Gasteiger partial charge in [-0.2, -0.15) is 10.2 Å². The van der Waals surface area contributed by atoms with Crippen molar-refractivity contribution in [3.05, 3.63) is 23.1 Å². The van der Waals surface area contributed by atoms with E-state index in [0.29, 0.717) is 6.54 Å². The van der Waals surface area contributed by atoms with Crippen molar-refractivity contribution >= 4 is 11.5 Å². The van der Waals surface area contributed by atoms with Crippen molar-refractivity contribution in [1.29, 1.82) is 0 Å². The summed E-state index contributed by atoms with van der Waals surface area (Å²) in [6.45, 7) is 7.52. The smallest absolute Gasteiger partial charge is 0.148 e. The maximum absolute atomic E-state index is 6.02. The summed E-state index contributed by atoms with van der Waals surface area (Å²) in [6, 6.07) is 0. The SMILES string of the molecule is CCn1nc(C)c(N)c1NCc1cnn(C)c1C. The lowest BCUT2D eigenvalue weighted by atomic mass is 10.2. The lowest BCUT2D eigenvalue weighted by molar-refractivity contribution is 0.657. The standard InChI is InChI=1S/C12H20N6/c1-5-18-12(11(13)8(2)16-18)14-6-10-7-15-17(4)9(10)3/h7,14H,5-6,13H2,1-4H3. The third-order valence-electron chi connectivity index (χ3n) is 3.26. The molecule has 0 aliphatic rings. The maximum atomic E-state index is 6.02. The Bertz CT molecular complexity index is 551. The van der Waals surface area contributed by atoms with Crippen molar-refractivity contribution in [3.63, 3.8) is 0 Å². The van der Waals surface area contributed by atoms with Crippen LogP contribution in [0, 0.1) is 13.8 Å². The topological polar surface area (TPSA) is 73.7 Å². The van der Waals surface area contributed by atoms with Crippen molar-refractivity contribution in [2.75, 3.05) is 11.1 Å². The molecule has 2 aromatic heterocycles. The summed E-state index contributed by atoms with van der Waals surface area (Å²) >= 11 is 0. The van der Waals surface area contributed by atoms with E-state index in [1.165, 1.54) is 5.56 Å². The third kappa shape index (κ3) is 2.05. The summed E-state index contributed by atoms with van der Waals surface area (Å²) in [5.74, 6) is 0.887. The Morgan fingerprint density at radius 3 is 2.67 bits per heavy atom. The largest absolute Gasteiger partial charge is 0.394 e. The highest BCUT2D eigenvalue weighted by molar-refractivity contribution is 5.64. The molecule has 0 aliphatic heterocycles. The fourth-order valence-electron chi connectivity index (χ4n) is 1.91. The van der Waals surface area contributed by atoms with Gasteiger partial charge in [0.15, 0.2) is 0 Å². The molecule has 0 aliphatic carbocycles. The molecule has 0 aromatic carbocycles. The lowest BCUT2D eigenvalue weighted by Gasteiger charge is -2.09. The summed E-state index contributed by atoms with van der Waals surface area (Å²) in [7, 11) is 1.94. The Balaban J connectivity index is 2.18. The number of nitrogens with two attached hydrogens (primary N) is 1. The van der Waals surface area contributed by atoms with Gasteiger partial charge >= 0.3 is 0 Å². The van der Waals surface area contributed by atoms with Crippen LogP contribution in [-0.4, -0.2) is 19.6 Å². The van der Waals surface area contributed by atoms with Gasteiger partial charge in [-0.15, -0.1) is 0 Å². The maximum Gasteiger partial charge on any atom is 0.148 e. The number of aromatic nitrogens is 4. The van der Waals surface area contributed by atoms with Gasteiger partial charge in [0.05, 0.1) is 17.6 Å². The van der Waals surface area contributed by atoms with Gasteiger partial charge in [-0.05, 0) is 20.8 Å². The Labute approximate surface area is 107 Å². The van der Waals surface area contributed by atoms with Crippen LogP contribution in [0.3, 0.4) is 0 Å². The van der Waals surface area contributed by atoms with Gasteiger partial charge in [-0.1, -0.05) is 0 Å². The number of hydrogen-bond acceptors (Lipinski definition) is 4. The number of aryl methyl sites for hydroxylation is 3. The van der Waals surface area contributed by atoms with Crippen LogP contribution in [0.15, 0.2) is 6.20 Å². The number of anilines is 2. The predicted molar refractivity (Wildman–Crippen MR) is 72.3 cm³/mol. The molecule has 2 heterocycles. The van der Waals surface area contributed by atoms with Gasteiger partial charge < -0.3 is 11.1 Å². The summed E-state index contributed by atoms with van der Waals surface area (Å²) < 4.78 is 3.75. The second-order valence-electron chi connectivity index (χ2n) is 4.40. The van der Waals surface area contributed by atoms with Gasteiger partial charge in [0.1, 0.15) is 5.82 Å². The van der Waals surface area contributed by atoms with Crippen LogP contribution in [-0.2, 0) is 20.1 Å².